The number of nitrogens with zero attached hydrogens (tertiary/aromatic N) is 2. The molecule has 0 unspecified atom stereocenters. The van der Waals surface area contributed by atoms with Crippen LogP contribution in [0.2, 0.25) is 10.0 Å². The molecule has 4 aromatic rings. The van der Waals surface area contributed by atoms with Crippen molar-refractivity contribution in [1.29, 1.82) is 0 Å². The molecule has 2 aromatic carbocycles. The van der Waals surface area contributed by atoms with Gasteiger partial charge in [-0.25, -0.2) is 0 Å². The highest BCUT2D eigenvalue weighted by atomic mass is 35.5. The third-order valence-corrected chi connectivity index (χ3v) is 10.0. The van der Waals surface area contributed by atoms with Gasteiger partial charge in [-0.2, -0.15) is 8.42 Å². The third-order valence-electron chi connectivity index (χ3n) is 7.27. The van der Waals surface area contributed by atoms with E-state index in [-0.39, 0.29) is 0 Å². The summed E-state index contributed by atoms with van der Waals surface area (Å²) in [4.78, 5) is 30.1. The van der Waals surface area contributed by atoms with Crippen LogP contribution in [0.15, 0.2) is 71.4 Å². The van der Waals surface area contributed by atoms with Gasteiger partial charge in [-0.3, -0.25) is 28.5 Å². The molecular weight excluding hydrogens is 683 g/mol. The van der Waals surface area contributed by atoms with E-state index in [1.54, 1.807) is 46.9 Å². The van der Waals surface area contributed by atoms with Crippen molar-refractivity contribution in [3.63, 3.8) is 0 Å². The van der Waals surface area contributed by atoms with E-state index in [9.17, 15) is 19.8 Å². The Bertz CT molecular complexity index is 1620. The Morgan fingerprint density at radius 2 is 1.04 bits per heavy atom. The third kappa shape index (κ3) is 9.58. The van der Waals surface area contributed by atoms with E-state index in [0.717, 1.165) is 25.9 Å². The van der Waals surface area contributed by atoms with E-state index in [1.165, 1.54) is 20.9 Å². The first-order valence-corrected chi connectivity index (χ1v) is 17.5. The van der Waals surface area contributed by atoms with Gasteiger partial charge in [0.05, 0.1) is 0 Å². The standard InChI is InChI=1S/2C15H14ClNO2S.H2O4S/c2*16-12-4-2-1-3-11(12)14(15(18)19)17-7-5-13-10(9-17)6-8-20-13;1-5(2,3)4/h2*1-4,6,8,14H,5,7,9H2,(H,18,19);(H2,1,2,3,4)/t2*14-;/m00./s1. The predicted molar refractivity (Wildman–Crippen MR) is 175 cm³/mol. The summed E-state index contributed by atoms with van der Waals surface area (Å²) in [6.45, 7) is 2.83. The number of aliphatic carboxylic acids is 2. The number of fused-ring (bicyclic) bond motifs is 2. The Morgan fingerprint density at radius 3 is 1.38 bits per heavy atom. The van der Waals surface area contributed by atoms with Crippen LogP contribution in [0.5, 0.6) is 0 Å². The first-order chi connectivity index (χ1) is 21.3. The minimum Gasteiger partial charge on any atom is -0.480 e. The Balaban J connectivity index is 0.000000179. The maximum atomic E-state index is 11.7. The van der Waals surface area contributed by atoms with Crippen molar-refractivity contribution in [2.24, 2.45) is 0 Å². The lowest BCUT2D eigenvalue weighted by Crippen LogP contribution is -2.37. The molecule has 15 heteroatoms. The maximum absolute atomic E-state index is 11.7. The molecule has 2 aliphatic rings. The quantitative estimate of drug-likeness (QED) is 0.162. The lowest BCUT2D eigenvalue weighted by Gasteiger charge is -2.32. The first-order valence-electron chi connectivity index (χ1n) is 13.6. The number of benzene rings is 2. The number of carboxylic acid groups (broad SMARTS) is 2. The number of thiophene rings is 2. The fourth-order valence-electron chi connectivity index (χ4n) is 5.35. The van der Waals surface area contributed by atoms with Crippen molar-refractivity contribution in [1.82, 2.24) is 9.80 Å². The topological polar surface area (TPSA) is 156 Å². The van der Waals surface area contributed by atoms with Crippen molar-refractivity contribution >= 4 is 68.2 Å². The average Bonchev–Trinajstić information content (AvgIpc) is 3.64. The Morgan fingerprint density at radius 1 is 0.689 bits per heavy atom. The molecule has 0 spiro atoms. The van der Waals surface area contributed by atoms with Crippen LogP contribution in [0.4, 0.5) is 0 Å². The van der Waals surface area contributed by atoms with Gasteiger partial charge in [-0.1, -0.05) is 59.6 Å². The van der Waals surface area contributed by atoms with Gasteiger partial charge in [0.15, 0.2) is 0 Å². The van der Waals surface area contributed by atoms with E-state index in [2.05, 4.69) is 22.9 Å². The molecule has 6 rings (SSSR count). The number of rotatable bonds is 6. The zero-order valence-electron chi connectivity index (χ0n) is 23.6. The summed E-state index contributed by atoms with van der Waals surface area (Å²) in [5.74, 6) is -1.70. The summed E-state index contributed by atoms with van der Waals surface area (Å²) in [6.07, 6.45) is 1.81. The molecule has 2 aliphatic heterocycles. The van der Waals surface area contributed by atoms with Crippen molar-refractivity contribution in [3.8, 4) is 0 Å². The number of hydrogen-bond acceptors (Lipinski definition) is 8. The predicted octanol–water partition coefficient (Wildman–Crippen LogP) is 6.52. The van der Waals surface area contributed by atoms with Crippen LogP contribution in [0.3, 0.4) is 0 Å². The summed E-state index contributed by atoms with van der Waals surface area (Å²) >= 11 is 15.8. The monoisotopic (exact) mass is 712 g/mol. The molecule has 0 amide bonds. The summed E-state index contributed by atoms with van der Waals surface area (Å²) in [5, 5.41) is 24.4. The van der Waals surface area contributed by atoms with Crippen molar-refractivity contribution in [2.45, 2.75) is 38.0 Å². The van der Waals surface area contributed by atoms with Crippen LogP contribution in [-0.4, -0.2) is 62.6 Å². The minimum absolute atomic E-state index is 0.510. The molecule has 10 nitrogen and oxygen atoms in total. The Hall–Kier alpha value is -2.85. The van der Waals surface area contributed by atoms with Gasteiger partial charge >= 0.3 is 22.3 Å². The normalized spacial score (nSPS) is 16.1. The fraction of sp³-hybridized carbons (Fsp3) is 0.267. The van der Waals surface area contributed by atoms with Gasteiger partial charge < -0.3 is 10.2 Å². The molecule has 0 fully saturated rings. The van der Waals surface area contributed by atoms with E-state index in [1.807, 2.05) is 34.1 Å². The summed E-state index contributed by atoms with van der Waals surface area (Å²) in [7, 11) is -4.67. The van der Waals surface area contributed by atoms with E-state index in [0.29, 0.717) is 34.3 Å². The van der Waals surface area contributed by atoms with Crippen molar-refractivity contribution in [2.75, 3.05) is 13.1 Å². The summed E-state index contributed by atoms with van der Waals surface area (Å²) < 4.78 is 31.6. The van der Waals surface area contributed by atoms with E-state index < -0.39 is 34.4 Å². The SMILES string of the molecule is O=C(O)[C@H](c1ccccc1Cl)N1CCc2sccc2C1.O=C(O)[C@H](c1ccccc1Cl)N1CCc2sccc2C1.O=S(=O)(O)O. The second-order valence-electron chi connectivity index (χ2n) is 10.2. The van der Waals surface area contributed by atoms with E-state index >= 15 is 0 Å². The zero-order valence-corrected chi connectivity index (χ0v) is 27.6. The van der Waals surface area contributed by atoms with Gasteiger partial charge in [0.25, 0.3) is 0 Å². The average molecular weight is 714 g/mol. The highest BCUT2D eigenvalue weighted by molar-refractivity contribution is 7.79. The molecule has 0 saturated heterocycles. The maximum Gasteiger partial charge on any atom is 0.394 e. The Kier molecular flexibility index (Phi) is 12.2. The van der Waals surface area contributed by atoms with Crippen molar-refractivity contribution in [3.05, 3.63) is 113 Å². The second-order valence-corrected chi connectivity index (χ2v) is 13.9. The molecular formula is C30H30Cl2N2O8S3. The van der Waals surface area contributed by atoms with Crippen LogP contribution < -0.4 is 0 Å². The summed E-state index contributed by atoms with van der Waals surface area (Å²) in [6, 6.07) is 17.2. The zero-order chi connectivity index (χ0) is 32.7. The van der Waals surface area contributed by atoms with Gasteiger partial charge in [-0.05, 0) is 70.1 Å². The van der Waals surface area contributed by atoms with Crippen LogP contribution in [0, 0.1) is 0 Å². The van der Waals surface area contributed by atoms with Gasteiger partial charge in [-0.15, -0.1) is 22.7 Å². The lowest BCUT2D eigenvalue weighted by atomic mass is 10.0. The van der Waals surface area contributed by atoms with Crippen molar-refractivity contribution < 1.29 is 37.3 Å². The molecule has 240 valence electrons. The lowest BCUT2D eigenvalue weighted by molar-refractivity contribution is -0.145. The summed E-state index contributed by atoms with van der Waals surface area (Å²) in [5.41, 5.74) is 3.81. The number of carboxylic acids is 2. The smallest absolute Gasteiger partial charge is 0.394 e. The van der Waals surface area contributed by atoms with Crippen LogP contribution in [0.25, 0.3) is 0 Å². The fourth-order valence-corrected chi connectivity index (χ4v) is 7.60. The van der Waals surface area contributed by atoms with Crippen LogP contribution >= 0.6 is 45.9 Å². The number of hydrogen-bond donors (Lipinski definition) is 4. The molecule has 45 heavy (non-hydrogen) atoms. The highest BCUT2D eigenvalue weighted by Crippen LogP contribution is 2.34. The highest BCUT2D eigenvalue weighted by Gasteiger charge is 2.33. The first kappa shape index (κ1) is 35.0. The second kappa shape index (κ2) is 15.6. The van der Waals surface area contributed by atoms with E-state index in [4.69, 9.17) is 40.7 Å². The van der Waals surface area contributed by atoms with Gasteiger partial charge in [0, 0.05) is 46.0 Å². The number of halogens is 2. The largest absolute Gasteiger partial charge is 0.480 e. The molecule has 0 aliphatic carbocycles. The molecule has 2 atom stereocenters. The molecule has 4 N–H and O–H groups in total. The number of carbonyl (C=O) groups is 2. The molecule has 2 aromatic heterocycles. The van der Waals surface area contributed by atoms with Crippen LogP contribution in [-0.2, 0) is 45.9 Å². The molecule has 0 radical (unpaired) electrons. The molecule has 0 bridgehead atoms. The van der Waals surface area contributed by atoms with Gasteiger partial charge in [0.2, 0.25) is 0 Å². The molecule has 4 heterocycles. The minimum atomic E-state index is -4.67. The molecule has 0 saturated carbocycles. The van der Waals surface area contributed by atoms with Gasteiger partial charge in [0.1, 0.15) is 12.1 Å². The Labute approximate surface area is 278 Å². The van der Waals surface area contributed by atoms with Crippen LogP contribution in [0.1, 0.15) is 44.1 Å².